The van der Waals surface area contributed by atoms with Crippen LogP contribution in [0.5, 0.6) is 11.5 Å². The van der Waals surface area contributed by atoms with Crippen molar-refractivity contribution < 1.29 is 19.0 Å². The Hall–Kier alpha value is -2.64. The van der Waals surface area contributed by atoms with Gasteiger partial charge in [0.05, 0.1) is 22.9 Å². The average Bonchev–Trinajstić information content (AvgIpc) is 3.44. The fraction of sp³-hybridized carbons (Fsp3) is 0.391. The molecule has 0 saturated carbocycles. The molecule has 3 heterocycles. The summed E-state index contributed by atoms with van der Waals surface area (Å²) < 4.78 is 18.2. The van der Waals surface area contributed by atoms with Crippen molar-refractivity contribution in [2.24, 2.45) is 0 Å². The van der Waals surface area contributed by atoms with Crippen LogP contribution in [-0.4, -0.2) is 43.4 Å². The fourth-order valence-corrected chi connectivity index (χ4v) is 5.05. The van der Waals surface area contributed by atoms with Crippen LogP contribution in [-0.2, 0) is 4.74 Å². The van der Waals surface area contributed by atoms with Crippen LogP contribution in [0.1, 0.15) is 34.3 Å². The van der Waals surface area contributed by atoms with Crippen LogP contribution in [0.15, 0.2) is 30.3 Å². The third-order valence-corrected chi connectivity index (χ3v) is 6.82. The van der Waals surface area contributed by atoms with Crippen molar-refractivity contribution in [1.82, 2.24) is 4.98 Å². The Balaban J connectivity index is 1.54. The van der Waals surface area contributed by atoms with Crippen molar-refractivity contribution in [3.05, 3.63) is 47.0 Å². The van der Waals surface area contributed by atoms with Crippen molar-refractivity contribution >= 4 is 32.6 Å². The number of carbonyl (C=O) groups is 1. The third kappa shape index (κ3) is 3.52. The van der Waals surface area contributed by atoms with Gasteiger partial charge in [0.1, 0.15) is 13.2 Å². The first-order chi connectivity index (χ1) is 14.6. The summed E-state index contributed by atoms with van der Waals surface area (Å²) >= 11 is 1.56. The number of amides is 1. The molecule has 1 amide bonds. The van der Waals surface area contributed by atoms with E-state index < -0.39 is 0 Å². The van der Waals surface area contributed by atoms with E-state index in [9.17, 15) is 4.79 Å². The van der Waals surface area contributed by atoms with E-state index in [1.807, 2.05) is 0 Å². The number of nitrogens with zero attached hydrogens (tertiary/aromatic N) is 2. The summed E-state index contributed by atoms with van der Waals surface area (Å²) in [5.41, 5.74) is 3.80. The van der Waals surface area contributed by atoms with Crippen molar-refractivity contribution in [2.45, 2.75) is 32.8 Å². The predicted octanol–water partition coefficient (Wildman–Crippen LogP) is 4.51. The number of thiazole rings is 1. The number of hydrogen-bond acceptors (Lipinski definition) is 6. The number of anilines is 1. The number of aryl methyl sites for hydroxylation is 2. The second-order valence-electron chi connectivity index (χ2n) is 7.78. The lowest BCUT2D eigenvalue weighted by Gasteiger charge is -2.24. The minimum Gasteiger partial charge on any atom is -0.486 e. The zero-order chi connectivity index (χ0) is 20.7. The van der Waals surface area contributed by atoms with E-state index in [1.165, 1.54) is 5.56 Å². The van der Waals surface area contributed by atoms with Crippen LogP contribution in [0.3, 0.4) is 0 Å². The molecule has 2 aliphatic rings. The smallest absolute Gasteiger partial charge is 0.260 e. The monoisotopic (exact) mass is 424 g/mol. The van der Waals surface area contributed by atoms with Crippen molar-refractivity contribution in [2.75, 3.05) is 31.3 Å². The van der Waals surface area contributed by atoms with Gasteiger partial charge in [-0.25, -0.2) is 4.98 Å². The van der Waals surface area contributed by atoms with Gasteiger partial charge in [0, 0.05) is 12.2 Å². The first-order valence-corrected chi connectivity index (χ1v) is 11.1. The van der Waals surface area contributed by atoms with Gasteiger partial charge in [-0.05, 0) is 56.0 Å². The Morgan fingerprint density at radius 3 is 2.67 bits per heavy atom. The summed E-state index contributed by atoms with van der Waals surface area (Å²) in [5, 5.41) is 0.706. The summed E-state index contributed by atoms with van der Waals surface area (Å²) in [4.78, 5) is 20.2. The zero-order valence-electron chi connectivity index (χ0n) is 17.1. The third-order valence-electron chi connectivity index (χ3n) is 5.61. The molecule has 1 atom stereocenters. The van der Waals surface area contributed by atoms with E-state index in [2.05, 4.69) is 26.0 Å². The van der Waals surface area contributed by atoms with Gasteiger partial charge in [-0.3, -0.25) is 9.69 Å². The molecular weight excluding hydrogens is 400 g/mol. The summed E-state index contributed by atoms with van der Waals surface area (Å²) in [6.07, 6.45) is 2.00. The minimum atomic E-state index is -0.100. The Morgan fingerprint density at radius 2 is 1.90 bits per heavy atom. The number of ether oxygens (including phenoxy) is 3. The topological polar surface area (TPSA) is 60.9 Å². The van der Waals surface area contributed by atoms with Gasteiger partial charge in [-0.2, -0.15) is 0 Å². The first-order valence-electron chi connectivity index (χ1n) is 10.3. The number of fused-ring (bicyclic) bond motifs is 2. The van der Waals surface area contributed by atoms with E-state index in [0.29, 0.717) is 42.0 Å². The molecule has 5 rings (SSSR count). The number of rotatable bonds is 4. The minimum absolute atomic E-state index is 0.0281. The van der Waals surface area contributed by atoms with Crippen molar-refractivity contribution in [3.8, 4) is 11.5 Å². The lowest BCUT2D eigenvalue weighted by atomic mass is 10.1. The van der Waals surface area contributed by atoms with Gasteiger partial charge in [-0.1, -0.05) is 23.5 Å². The highest BCUT2D eigenvalue weighted by molar-refractivity contribution is 7.22. The Kier molecular flexibility index (Phi) is 5.08. The molecular formula is C23H24N2O4S. The fourth-order valence-electron chi connectivity index (χ4n) is 3.94. The highest BCUT2D eigenvalue weighted by Gasteiger charge is 2.28. The zero-order valence-corrected chi connectivity index (χ0v) is 18.0. The molecule has 0 radical (unpaired) electrons. The van der Waals surface area contributed by atoms with Crippen LogP contribution in [0.25, 0.3) is 10.2 Å². The Bertz CT molecular complexity index is 1070. The maximum absolute atomic E-state index is 13.6. The van der Waals surface area contributed by atoms with Gasteiger partial charge in [0.15, 0.2) is 16.6 Å². The Labute approximate surface area is 179 Å². The molecule has 1 aromatic heterocycles. The highest BCUT2D eigenvalue weighted by atomic mass is 32.1. The quantitative estimate of drug-likeness (QED) is 0.617. The second kappa shape index (κ2) is 7.89. The molecule has 156 valence electrons. The SMILES string of the molecule is Cc1ccc(C)c2sc(N(CC3CCCO3)C(=O)c3ccc4c(c3)OCCO4)nc12. The first kappa shape index (κ1) is 19.3. The lowest BCUT2D eigenvalue weighted by molar-refractivity contribution is 0.0916. The van der Waals surface area contributed by atoms with E-state index in [1.54, 1.807) is 34.4 Å². The molecule has 7 heteroatoms. The van der Waals surface area contributed by atoms with Gasteiger partial charge in [-0.15, -0.1) is 0 Å². The predicted molar refractivity (Wildman–Crippen MR) is 117 cm³/mol. The molecule has 6 nitrogen and oxygen atoms in total. The van der Waals surface area contributed by atoms with E-state index in [-0.39, 0.29) is 12.0 Å². The molecule has 0 N–H and O–H groups in total. The second-order valence-corrected chi connectivity index (χ2v) is 8.76. The van der Waals surface area contributed by atoms with Gasteiger partial charge >= 0.3 is 0 Å². The number of benzene rings is 2. The van der Waals surface area contributed by atoms with Crippen LogP contribution < -0.4 is 14.4 Å². The van der Waals surface area contributed by atoms with E-state index in [4.69, 9.17) is 19.2 Å². The van der Waals surface area contributed by atoms with Crippen molar-refractivity contribution in [1.29, 1.82) is 0 Å². The van der Waals surface area contributed by atoms with Crippen LogP contribution in [0.4, 0.5) is 5.13 Å². The standard InChI is InChI=1S/C23H24N2O4S/c1-14-5-6-15(2)21-20(14)24-23(30-21)25(13-17-4-3-9-27-17)22(26)16-7-8-18-19(12-16)29-11-10-28-18/h5-8,12,17H,3-4,9-11,13H2,1-2H3. The molecule has 2 aliphatic heterocycles. The van der Waals surface area contributed by atoms with Gasteiger partial charge < -0.3 is 14.2 Å². The molecule has 0 aliphatic carbocycles. The summed E-state index contributed by atoms with van der Waals surface area (Å²) in [7, 11) is 0. The maximum atomic E-state index is 13.6. The highest BCUT2D eigenvalue weighted by Crippen LogP contribution is 2.36. The molecule has 1 saturated heterocycles. The van der Waals surface area contributed by atoms with Gasteiger partial charge in [0.25, 0.3) is 5.91 Å². The number of hydrogen-bond donors (Lipinski definition) is 0. The van der Waals surface area contributed by atoms with Crippen LogP contribution in [0, 0.1) is 13.8 Å². The van der Waals surface area contributed by atoms with Crippen LogP contribution in [0.2, 0.25) is 0 Å². The molecule has 2 aromatic carbocycles. The largest absolute Gasteiger partial charge is 0.486 e. The Morgan fingerprint density at radius 1 is 1.10 bits per heavy atom. The van der Waals surface area contributed by atoms with E-state index in [0.717, 1.165) is 35.2 Å². The number of carbonyl (C=O) groups excluding carboxylic acids is 1. The molecule has 1 unspecified atom stereocenters. The number of aromatic nitrogens is 1. The molecule has 0 spiro atoms. The average molecular weight is 425 g/mol. The summed E-state index contributed by atoms with van der Waals surface area (Å²) in [6, 6.07) is 9.55. The van der Waals surface area contributed by atoms with Crippen LogP contribution >= 0.6 is 11.3 Å². The molecule has 3 aromatic rings. The van der Waals surface area contributed by atoms with E-state index >= 15 is 0 Å². The molecule has 0 bridgehead atoms. The van der Waals surface area contributed by atoms with Crippen molar-refractivity contribution in [3.63, 3.8) is 0 Å². The normalized spacial score (nSPS) is 18.0. The maximum Gasteiger partial charge on any atom is 0.260 e. The molecule has 1 fully saturated rings. The summed E-state index contributed by atoms with van der Waals surface area (Å²) in [6.45, 7) is 6.38. The van der Waals surface area contributed by atoms with Gasteiger partial charge in [0.2, 0.25) is 0 Å². The summed E-state index contributed by atoms with van der Waals surface area (Å²) in [5.74, 6) is 1.19. The molecule has 30 heavy (non-hydrogen) atoms. The lowest BCUT2D eigenvalue weighted by Crippen LogP contribution is -2.37.